The van der Waals surface area contributed by atoms with Crippen molar-refractivity contribution < 1.29 is 0 Å². The summed E-state index contributed by atoms with van der Waals surface area (Å²) in [5.74, 6) is 0. The number of rotatable bonds is 5. The number of anilines is 3. The zero-order chi connectivity index (χ0) is 32.3. The van der Waals surface area contributed by atoms with Crippen LogP contribution in [0.4, 0.5) is 17.1 Å². The van der Waals surface area contributed by atoms with E-state index in [-0.39, 0.29) is 0 Å². The average Bonchev–Trinajstić information content (AvgIpc) is 3.74. The molecular weight excluding hydrogens is 631 g/mol. The van der Waals surface area contributed by atoms with E-state index in [1.807, 2.05) is 22.7 Å². The Morgan fingerprint density at radius 1 is 0.327 bits per heavy atom. The second kappa shape index (κ2) is 11.5. The van der Waals surface area contributed by atoms with Gasteiger partial charge in [-0.25, -0.2) is 0 Å². The third-order valence-corrected chi connectivity index (χ3v) is 12.1. The lowest BCUT2D eigenvalue weighted by atomic mass is 10.0. The summed E-state index contributed by atoms with van der Waals surface area (Å²) in [7, 11) is 0. The summed E-state index contributed by atoms with van der Waals surface area (Å²) in [6, 6.07) is 64.3. The minimum Gasteiger partial charge on any atom is -0.310 e. The van der Waals surface area contributed by atoms with Crippen LogP contribution in [0.2, 0.25) is 0 Å². The molecule has 0 radical (unpaired) electrons. The van der Waals surface area contributed by atoms with Gasteiger partial charge in [0.05, 0.1) is 0 Å². The fourth-order valence-electron chi connectivity index (χ4n) is 7.28. The van der Waals surface area contributed by atoms with Crippen LogP contribution in [-0.4, -0.2) is 0 Å². The van der Waals surface area contributed by atoms with E-state index in [0.29, 0.717) is 0 Å². The molecule has 2 aromatic heterocycles. The van der Waals surface area contributed by atoms with Crippen molar-refractivity contribution in [2.75, 3.05) is 4.90 Å². The number of thiophene rings is 2. The highest BCUT2D eigenvalue weighted by atomic mass is 32.1. The van der Waals surface area contributed by atoms with Gasteiger partial charge < -0.3 is 4.90 Å². The summed E-state index contributed by atoms with van der Waals surface area (Å²) in [6.45, 7) is 0. The van der Waals surface area contributed by atoms with Crippen LogP contribution >= 0.6 is 22.7 Å². The minimum atomic E-state index is 1.13. The second-order valence-electron chi connectivity index (χ2n) is 12.5. The summed E-state index contributed by atoms with van der Waals surface area (Å²) < 4.78 is 5.32. The summed E-state index contributed by atoms with van der Waals surface area (Å²) in [5.41, 5.74) is 8.35. The van der Waals surface area contributed by atoms with Crippen molar-refractivity contribution in [3.8, 4) is 22.3 Å². The number of benzene rings is 8. The van der Waals surface area contributed by atoms with E-state index < -0.39 is 0 Å². The first kappa shape index (κ1) is 28.3. The molecule has 0 atom stereocenters. The highest BCUT2D eigenvalue weighted by Gasteiger charge is 2.17. The Balaban J connectivity index is 1.09. The largest absolute Gasteiger partial charge is 0.310 e. The fourth-order valence-corrected chi connectivity index (χ4v) is 9.79. The molecule has 2 heterocycles. The van der Waals surface area contributed by atoms with Crippen molar-refractivity contribution in [1.29, 1.82) is 0 Å². The van der Waals surface area contributed by atoms with E-state index in [1.165, 1.54) is 73.4 Å². The predicted molar refractivity (Wildman–Crippen MR) is 215 cm³/mol. The van der Waals surface area contributed by atoms with Gasteiger partial charge >= 0.3 is 0 Å². The van der Waals surface area contributed by atoms with E-state index in [4.69, 9.17) is 0 Å². The highest BCUT2D eigenvalue weighted by Crippen LogP contribution is 2.44. The number of nitrogens with zero attached hydrogens (tertiary/aromatic N) is 1. The SMILES string of the molecule is c1ccc(-c2ccc(N(c3ccc(-c4cccc5c4sc4c6ccccc6ccc54)cc3)c3ccc4c(c3)sc3ccccc34)cc2)cc1. The Morgan fingerprint density at radius 2 is 0.918 bits per heavy atom. The number of fused-ring (bicyclic) bond motifs is 8. The molecule has 0 aliphatic heterocycles. The molecule has 0 N–H and O–H groups in total. The van der Waals surface area contributed by atoms with Gasteiger partial charge in [0.15, 0.2) is 0 Å². The zero-order valence-electron chi connectivity index (χ0n) is 26.5. The molecule has 230 valence electrons. The van der Waals surface area contributed by atoms with Gasteiger partial charge in [-0.3, -0.25) is 0 Å². The minimum absolute atomic E-state index is 1.13. The molecule has 10 aromatic rings. The second-order valence-corrected chi connectivity index (χ2v) is 14.6. The average molecular weight is 660 g/mol. The molecule has 0 spiro atoms. The van der Waals surface area contributed by atoms with Gasteiger partial charge in [0.1, 0.15) is 0 Å². The molecule has 3 heteroatoms. The molecule has 10 rings (SSSR count). The fraction of sp³-hybridized carbons (Fsp3) is 0. The van der Waals surface area contributed by atoms with Gasteiger partial charge in [0.2, 0.25) is 0 Å². The van der Waals surface area contributed by atoms with Crippen LogP contribution in [0.3, 0.4) is 0 Å². The summed E-state index contributed by atoms with van der Waals surface area (Å²) in [4.78, 5) is 2.38. The molecular formula is C46H29NS2. The smallest absolute Gasteiger partial charge is 0.0476 e. The lowest BCUT2D eigenvalue weighted by Crippen LogP contribution is -2.09. The number of hydrogen-bond acceptors (Lipinski definition) is 3. The Labute approximate surface area is 292 Å². The normalized spacial score (nSPS) is 11.7. The van der Waals surface area contributed by atoms with E-state index in [9.17, 15) is 0 Å². The summed E-state index contributed by atoms with van der Waals surface area (Å²) in [6.07, 6.45) is 0. The molecule has 0 aliphatic carbocycles. The van der Waals surface area contributed by atoms with Gasteiger partial charge in [-0.2, -0.15) is 0 Å². The lowest BCUT2D eigenvalue weighted by Gasteiger charge is -2.26. The number of hydrogen-bond donors (Lipinski definition) is 0. The Bertz CT molecular complexity index is 2810. The molecule has 0 aliphatic rings. The molecule has 0 saturated carbocycles. The molecule has 1 nitrogen and oxygen atoms in total. The third-order valence-electron chi connectivity index (χ3n) is 9.68. The maximum absolute atomic E-state index is 2.38. The maximum Gasteiger partial charge on any atom is 0.0476 e. The van der Waals surface area contributed by atoms with Crippen LogP contribution in [0.25, 0.3) is 73.4 Å². The van der Waals surface area contributed by atoms with Crippen LogP contribution in [0, 0.1) is 0 Å². The molecule has 49 heavy (non-hydrogen) atoms. The van der Waals surface area contributed by atoms with Crippen LogP contribution < -0.4 is 4.90 Å². The van der Waals surface area contributed by atoms with Crippen LogP contribution in [0.15, 0.2) is 176 Å². The Morgan fingerprint density at radius 3 is 1.73 bits per heavy atom. The van der Waals surface area contributed by atoms with Crippen molar-refractivity contribution >= 4 is 90.9 Å². The molecule has 0 saturated heterocycles. The lowest BCUT2D eigenvalue weighted by molar-refractivity contribution is 1.29. The molecule has 0 amide bonds. The van der Waals surface area contributed by atoms with Crippen LogP contribution in [-0.2, 0) is 0 Å². The van der Waals surface area contributed by atoms with Gasteiger partial charge in [0.25, 0.3) is 0 Å². The van der Waals surface area contributed by atoms with Crippen LogP contribution in [0.5, 0.6) is 0 Å². The van der Waals surface area contributed by atoms with Gasteiger partial charge in [-0.1, -0.05) is 133 Å². The molecule has 8 aromatic carbocycles. The quantitative estimate of drug-likeness (QED) is 0.178. The first-order chi connectivity index (χ1) is 24.3. The summed E-state index contributed by atoms with van der Waals surface area (Å²) >= 11 is 3.77. The van der Waals surface area contributed by atoms with Crippen molar-refractivity contribution in [1.82, 2.24) is 0 Å². The monoisotopic (exact) mass is 659 g/mol. The van der Waals surface area contributed by atoms with Gasteiger partial charge in [0, 0.05) is 57.4 Å². The van der Waals surface area contributed by atoms with Crippen molar-refractivity contribution in [2.45, 2.75) is 0 Å². The predicted octanol–water partition coefficient (Wildman–Crippen LogP) is 14.4. The van der Waals surface area contributed by atoms with Crippen molar-refractivity contribution in [3.63, 3.8) is 0 Å². The third kappa shape index (κ3) is 4.74. The van der Waals surface area contributed by atoms with Crippen molar-refractivity contribution in [2.24, 2.45) is 0 Å². The Kier molecular flexibility index (Phi) is 6.61. The topological polar surface area (TPSA) is 3.24 Å². The molecule has 0 unspecified atom stereocenters. The van der Waals surface area contributed by atoms with E-state index in [2.05, 4.69) is 181 Å². The van der Waals surface area contributed by atoms with Gasteiger partial charge in [-0.05, 0) is 75.5 Å². The standard InChI is InChI=1S/C46H29NS2/c1-2-9-30(10-3-1)31-17-22-34(23-18-31)47(36-26-28-40-39-13-6-7-16-43(39)48-44(40)29-36)35-24-19-33(20-25-35)38-14-8-15-41-42-27-21-32-11-4-5-12-37(32)46(42)49-45(38)41/h1-29H. The van der Waals surface area contributed by atoms with Gasteiger partial charge in [-0.15, -0.1) is 22.7 Å². The molecule has 0 bridgehead atoms. The zero-order valence-corrected chi connectivity index (χ0v) is 28.1. The summed E-state index contributed by atoms with van der Waals surface area (Å²) in [5, 5.41) is 7.90. The molecule has 0 fully saturated rings. The Hall–Kier alpha value is -5.74. The van der Waals surface area contributed by atoms with E-state index in [0.717, 1.165) is 17.1 Å². The van der Waals surface area contributed by atoms with Crippen LogP contribution in [0.1, 0.15) is 0 Å². The highest BCUT2D eigenvalue weighted by molar-refractivity contribution is 7.27. The maximum atomic E-state index is 2.38. The first-order valence-electron chi connectivity index (χ1n) is 16.6. The van der Waals surface area contributed by atoms with E-state index >= 15 is 0 Å². The first-order valence-corrected chi connectivity index (χ1v) is 18.2. The van der Waals surface area contributed by atoms with Crippen molar-refractivity contribution in [3.05, 3.63) is 176 Å². The van der Waals surface area contributed by atoms with E-state index in [1.54, 1.807) is 0 Å².